The van der Waals surface area contributed by atoms with Crippen molar-refractivity contribution in [3.63, 3.8) is 0 Å². The molecule has 0 heterocycles. The van der Waals surface area contributed by atoms with Gasteiger partial charge in [-0.25, -0.2) is 0 Å². The molecule has 0 aromatic rings. The molecular weight excluding hydrogens is 360 g/mol. The van der Waals surface area contributed by atoms with Gasteiger partial charge in [-0.2, -0.15) is 0 Å². The Hall–Kier alpha value is -1.25. The Morgan fingerprint density at radius 1 is 1.10 bits per heavy atom. The highest BCUT2D eigenvalue weighted by atomic mass is 16.1. The van der Waals surface area contributed by atoms with Crippen LogP contribution in [0.4, 0.5) is 0 Å². The van der Waals surface area contributed by atoms with E-state index >= 15 is 0 Å². The lowest BCUT2D eigenvalue weighted by Gasteiger charge is -2.58. The van der Waals surface area contributed by atoms with Crippen LogP contribution >= 0.6 is 0 Å². The fourth-order valence-electron chi connectivity index (χ4n) is 8.07. The molecule has 0 saturated heterocycles. The molecule has 4 aliphatic rings. The second-order valence-corrected chi connectivity index (χ2v) is 11.4. The van der Waals surface area contributed by atoms with Gasteiger partial charge in [-0.15, -0.1) is 6.58 Å². The van der Waals surface area contributed by atoms with E-state index in [-0.39, 0.29) is 34.5 Å². The second kappa shape index (κ2) is 7.17. The van der Waals surface area contributed by atoms with E-state index in [0.717, 1.165) is 32.1 Å². The average molecular weight is 399 g/mol. The Bertz CT molecular complexity index is 751. The predicted octanol–water partition coefficient (Wildman–Crippen LogP) is 5.56. The molecule has 0 aromatic heterocycles. The van der Waals surface area contributed by atoms with Crippen LogP contribution in [-0.2, 0) is 14.4 Å². The number of carbonyl (C=O) groups is 3. The molecule has 4 rings (SSSR count). The summed E-state index contributed by atoms with van der Waals surface area (Å²) in [5, 5.41) is 0. The van der Waals surface area contributed by atoms with Gasteiger partial charge in [0.1, 0.15) is 17.3 Å². The smallest absolute Gasteiger partial charge is 0.139 e. The summed E-state index contributed by atoms with van der Waals surface area (Å²) in [6.07, 6.45) is 7.32. The Labute approximate surface area is 176 Å². The Balaban J connectivity index is 1.63. The molecule has 0 radical (unpaired) electrons. The standard InChI is InChI=1S/C26H38O3/c1-15(2)6-7-16(3)19-8-9-20-24-21(14-23(29)26(19,20)5)25(4)11-10-18(27)12-17(25)13-22(24)28/h16-17,19-21,24H,1,6-14H2,2-5H3/t16-,17+,19-,20+,21+,24+,25+,26-/m1/s1. The Morgan fingerprint density at radius 3 is 2.52 bits per heavy atom. The van der Waals surface area contributed by atoms with E-state index in [0.29, 0.717) is 54.9 Å². The zero-order valence-corrected chi connectivity index (χ0v) is 18.8. The van der Waals surface area contributed by atoms with Crippen molar-refractivity contribution in [3.05, 3.63) is 12.2 Å². The van der Waals surface area contributed by atoms with Crippen LogP contribution in [-0.4, -0.2) is 17.3 Å². The molecule has 0 spiro atoms. The highest BCUT2D eigenvalue weighted by Crippen LogP contribution is 2.66. The molecule has 0 aliphatic heterocycles. The summed E-state index contributed by atoms with van der Waals surface area (Å²) in [5.41, 5.74) is 0.839. The zero-order valence-electron chi connectivity index (χ0n) is 18.8. The van der Waals surface area contributed by atoms with Gasteiger partial charge in [0, 0.05) is 37.0 Å². The van der Waals surface area contributed by atoms with E-state index in [1.54, 1.807) is 0 Å². The van der Waals surface area contributed by atoms with E-state index in [1.165, 1.54) is 5.57 Å². The first-order valence-corrected chi connectivity index (χ1v) is 11.8. The van der Waals surface area contributed by atoms with E-state index in [9.17, 15) is 14.4 Å². The van der Waals surface area contributed by atoms with Crippen molar-refractivity contribution in [2.75, 3.05) is 0 Å². The Morgan fingerprint density at radius 2 is 1.83 bits per heavy atom. The van der Waals surface area contributed by atoms with Crippen molar-refractivity contribution >= 4 is 17.3 Å². The third kappa shape index (κ3) is 3.10. The molecule has 4 aliphatic carbocycles. The van der Waals surface area contributed by atoms with Gasteiger partial charge in [-0.1, -0.05) is 26.3 Å². The summed E-state index contributed by atoms with van der Waals surface area (Å²) < 4.78 is 0. The number of fused-ring (bicyclic) bond motifs is 5. The first-order chi connectivity index (χ1) is 13.6. The van der Waals surface area contributed by atoms with Crippen molar-refractivity contribution in [1.29, 1.82) is 0 Å². The molecule has 4 fully saturated rings. The largest absolute Gasteiger partial charge is 0.300 e. The van der Waals surface area contributed by atoms with Gasteiger partial charge < -0.3 is 0 Å². The van der Waals surface area contributed by atoms with Gasteiger partial charge in [0.05, 0.1) is 0 Å². The van der Waals surface area contributed by atoms with Crippen LogP contribution in [0.25, 0.3) is 0 Å². The molecule has 3 nitrogen and oxygen atoms in total. The Kier molecular flexibility index (Phi) is 5.19. The molecular formula is C26H38O3. The molecule has 0 aromatic carbocycles. The normalized spacial score (nSPS) is 45.4. The van der Waals surface area contributed by atoms with Gasteiger partial charge in [-0.3, -0.25) is 14.4 Å². The number of carbonyl (C=O) groups excluding carboxylic acids is 3. The van der Waals surface area contributed by atoms with E-state index in [1.807, 2.05) is 0 Å². The van der Waals surface area contributed by atoms with Crippen LogP contribution in [0.2, 0.25) is 0 Å². The lowest BCUT2D eigenvalue weighted by Crippen LogP contribution is -2.60. The highest BCUT2D eigenvalue weighted by Gasteiger charge is 2.66. The van der Waals surface area contributed by atoms with Gasteiger partial charge in [0.2, 0.25) is 0 Å². The van der Waals surface area contributed by atoms with Crippen LogP contribution < -0.4 is 0 Å². The summed E-state index contributed by atoms with van der Waals surface area (Å²) in [6, 6.07) is 0. The van der Waals surface area contributed by atoms with Crippen molar-refractivity contribution in [1.82, 2.24) is 0 Å². The van der Waals surface area contributed by atoms with Gasteiger partial charge in [0.25, 0.3) is 0 Å². The van der Waals surface area contributed by atoms with Crippen LogP contribution in [0.3, 0.4) is 0 Å². The topological polar surface area (TPSA) is 51.2 Å². The maximum Gasteiger partial charge on any atom is 0.139 e. The molecule has 160 valence electrons. The first kappa shape index (κ1) is 21.0. The van der Waals surface area contributed by atoms with Crippen molar-refractivity contribution in [2.24, 2.45) is 46.3 Å². The van der Waals surface area contributed by atoms with E-state index in [4.69, 9.17) is 0 Å². The molecule has 0 amide bonds. The molecule has 0 bridgehead atoms. The maximum absolute atomic E-state index is 13.7. The fraction of sp³-hybridized carbons (Fsp3) is 0.808. The number of ketones is 3. The molecule has 0 unspecified atom stereocenters. The first-order valence-electron chi connectivity index (χ1n) is 11.8. The molecule has 8 atom stereocenters. The number of rotatable bonds is 4. The van der Waals surface area contributed by atoms with Crippen LogP contribution in [0, 0.1) is 46.3 Å². The van der Waals surface area contributed by atoms with E-state index < -0.39 is 0 Å². The molecule has 3 heteroatoms. The number of allylic oxidation sites excluding steroid dienone is 1. The lowest BCUT2D eigenvalue weighted by atomic mass is 9.44. The second-order valence-electron chi connectivity index (χ2n) is 11.4. The van der Waals surface area contributed by atoms with Gasteiger partial charge >= 0.3 is 0 Å². The number of hydrogen-bond donors (Lipinski definition) is 0. The SMILES string of the molecule is C=C(C)CC[C@@H](C)[C@H]1CC[C@H]2[C@@H]3C(=O)C[C@@H]4CC(=O)CC[C@]4(C)[C@H]3CC(=O)[C@]12C. The lowest BCUT2D eigenvalue weighted by molar-refractivity contribution is -0.166. The highest BCUT2D eigenvalue weighted by molar-refractivity contribution is 5.93. The fourth-order valence-corrected chi connectivity index (χ4v) is 8.07. The van der Waals surface area contributed by atoms with Crippen LogP contribution in [0.15, 0.2) is 12.2 Å². The maximum atomic E-state index is 13.7. The van der Waals surface area contributed by atoms with Crippen molar-refractivity contribution in [2.45, 2.75) is 85.5 Å². The van der Waals surface area contributed by atoms with Gasteiger partial charge in [0.15, 0.2) is 0 Å². The molecule has 4 saturated carbocycles. The molecule has 29 heavy (non-hydrogen) atoms. The van der Waals surface area contributed by atoms with Crippen LogP contribution in [0.5, 0.6) is 0 Å². The van der Waals surface area contributed by atoms with Crippen LogP contribution in [0.1, 0.15) is 85.5 Å². The summed E-state index contributed by atoms with van der Waals surface area (Å²) >= 11 is 0. The minimum Gasteiger partial charge on any atom is -0.300 e. The minimum absolute atomic E-state index is 0.0207. The summed E-state index contributed by atoms with van der Waals surface area (Å²) in [5.74, 6) is 2.46. The van der Waals surface area contributed by atoms with Gasteiger partial charge in [-0.05, 0) is 74.0 Å². The third-order valence-electron chi connectivity index (χ3n) is 9.93. The minimum atomic E-state index is -0.348. The summed E-state index contributed by atoms with van der Waals surface area (Å²) in [4.78, 5) is 39.1. The molecule has 0 N–H and O–H groups in total. The average Bonchev–Trinajstić information content (AvgIpc) is 3.01. The van der Waals surface area contributed by atoms with Crippen molar-refractivity contribution in [3.8, 4) is 0 Å². The number of hydrogen-bond acceptors (Lipinski definition) is 3. The quantitative estimate of drug-likeness (QED) is 0.582. The summed E-state index contributed by atoms with van der Waals surface area (Å²) in [6.45, 7) is 12.9. The zero-order chi connectivity index (χ0) is 21.1. The monoisotopic (exact) mass is 398 g/mol. The number of Topliss-reactive ketones (excluding diaryl/α,β-unsaturated/α-hetero) is 3. The van der Waals surface area contributed by atoms with Crippen molar-refractivity contribution < 1.29 is 14.4 Å². The third-order valence-corrected chi connectivity index (χ3v) is 9.93. The predicted molar refractivity (Wildman–Crippen MR) is 114 cm³/mol. The summed E-state index contributed by atoms with van der Waals surface area (Å²) in [7, 11) is 0. The van der Waals surface area contributed by atoms with E-state index in [2.05, 4.69) is 34.3 Å².